The van der Waals surface area contributed by atoms with E-state index in [-0.39, 0.29) is 17.7 Å². The Bertz CT molecular complexity index is 633. The van der Waals surface area contributed by atoms with Gasteiger partial charge < -0.3 is 9.36 Å². The molecule has 1 N–H and O–H groups in total. The highest BCUT2D eigenvalue weighted by atomic mass is 16.2. The third-order valence-corrected chi connectivity index (χ3v) is 2.15. The summed E-state index contributed by atoms with van der Waals surface area (Å²) < 4.78 is 2.33. The molecule has 0 fully saturated rings. The van der Waals surface area contributed by atoms with Gasteiger partial charge in [0.2, 0.25) is 0 Å². The van der Waals surface area contributed by atoms with E-state index >= 15 is 0 Å². The smallest absolute Gasteiger partial charge is 0.317 e. The van der Waals surface area contributed by atoms with Crippen molar-refractivity contribution in [3.05, 3.63) is 27.2 Å². The highest BCUT2D eigenvalue weighted by Crippen LogP contribution is 2.01. The second-order valence-corrected chi connectivity index (χ2v) is 3.06. The van der Waals surface area contributed by atoms with Gasteiger partial charge in [0.15, 0.2) is 11.2 Å². The van der Waals surface area contributed by atoms with Crippen molar-refractivity contribution >= 4 is 17.5 Å². The average Bonchev–Trinajstić information content (AvgIpc) is 2.59. The fourth-order valence-corrected chi connectivity index (χ4v) is 1.35. The quantitative estimate of drug-likeness (QED) is 0.616. The van der Waals surface area contributed by atoms with E-state index in [1.54, 1.807) is 0 Å². The first kappa shape index (κ1) is 9.38. The predicted octanol–water partition coefficient (Wildman–Crippen LogP) is -1.38. The van der Waals surface area contributed by atoms with Gasteiger partial charge in [-0.15, -0.1) is 0 Å². The predicted molar refractivity (Wildman–Crippen MR) is 51.7 cm³/mol. The van der Waals surface area contributed by atoms with Crippen LogP contribution in [0.3, 0.4) is 0 Å². The molecule has 0 aromatic carbocycles. The topological polar surface area (TPSA) is 89.8 Å². The van der Waals surface area contributed by atoms with E-state index < -0.39 is 11.2 Å². The van der Waals surface area contributed by atoms with Gasteiger partial charge in [-0.2, -0.15) is 0 Å². The molecule has 2 aromatic heterocycles. The van der Waals surface area contributed by atoms with Gasteiger partial charge in [0.1, 0.15) is 6.29 Å². The van der Waals surface area contributed by atoms with Crippen molar-refractivity contribution in [1.29, 1.82) is 0 Å². The van der Waals surface area contributed by atoms with Crippen LogP contribution in [0, 0.1) is 0 Å². The van der Waals surface area contributed by atoms with E-state index in [0.29, 0.717) is 6.29 Å². The zero-order chi connectivity index (χ0) is 11.0. The Kier molecular flexibility index (Phi) is 2.00. The van der Waals surface area contributed by atoms with Crippen molar-refractivity contribution in [2.45, 2.75) is 6.54 Å². The molecule has 78 valence electrons. The van der Waals surface area contributed by atoms with Gasteiger partial charge in [-0.3, -0.25) is 14.3 Å². The maximum absolute atomic E-state index is 11.7. The maximum Gasteiger partial charge on any atom is 0.329 e. The molecular formula is C8H8N4O3. The zero-order valence-corrected chi connectivity index (χ0v) is 7.93. The molecule has 0 aliphatic carbocycles. The number of nitrogens with one attached hydrogen (secondary N) is 1. The Balaban J connectivity index is 2.91. The molecule has 0 saturated heterocycles. The summed E-state index contributed by atoms with van der Waals surface area (Å²) in [5, 5.41) is 0. The van der Waals surface area contributed by atoms with Crippen LogP contribution in [-0.4, -0.2) is 25.4 Å². The van der Waals surface area contributed by atoms with E-state index in [1.165, 1.54) is 17.9 Å². The van der Waals surface area contributed by atoms with Crippen LogP contribution in [0.1, 0.15) is 0 Å². The second kappa shape index (κ2) is 3.19. The Morgan fingerprint density at radius 1 is 1.53 bits per heavy atom. The van der Waals surface area contributed by atoms with Crippen LogP contribution in [0.25, 0.3) is 11.2 Å². The lowest BCUT2D eigenvalue weighted by atomic mass is 10.5. The van der Waals surface area contributed by atoms with E-state index in [1.807, 2.05) is 0 Å². The Morgan fingerprint density at radius 3 is 2.93 bits per heavy atom. The number of aldehydes is 1. The average molecular weight is 208 g/mol. The Morgan fingerprint density at radius 2 is 2.27 bits per heavy atom. The molecule has 0 radical (unpaired) electrons. The largest absolute Gasteiger partial charge is 0.329 e. The van der Waals surface area contributed by atoms with Gasteiger partial charge in [-0.1, -0.05) is 0 Å². The fraction of sp³-hybridized carbons (Fsp3) is 0.250. The summed E-state index contributed by atoms with van der Waals surface area (Å²) in [5.74, 6) is 0. The van der Waals surface area contributed by atoms with Crippen molar-refractivity contribution in [2.75, 3.05) is 0 Å². The standard InChI is InChI=1S/C8H8N4O3/c1-11-7(14)5-6(10-8(11)15)9-4-12(5)2-3-13/h3-4H,2H2,1H3,(H,10,15). The molecule has 0 unspecified atom stereocenters. The molecule has 0 amide bonds. The first-order valence-electron chi connectivity index (χ1n) is 4.23. The highest BCUT2D eigenvalue weighted by molar-refractivity contribution is 5.70. The molecule has 7 nitrogen and oxygen atoms in total. The minimum absolute atomic E-state index is 0.0395. The summed E-state index contributed by atoms with van der Waals surface area (Å²) in [6.07, 6.45) is 2.00. The van der Waals surface area contributed by atoms with Crippen LogP contribution in [0.15, 0.2) is 15.9 Å². The summed E-state index contributed by atoms with van der Waals surface area (Å²) in [4.78, 5) is 39.5. The van der Waals surface area contributed by atoms with Crippen molar-refractivity contribution in [2.24, 2.45) is 7.05 Å². The summed E-state index contributed by atoms with van der Waals surface area (Å²) in [5.41, 5.74) is -0.564. The SMILES string of the molecule is Cn1c(=O)[nH]c2ncn(CC=O)c2c1=O. The monoisotopic (exact) mass is 208 g/mol. The molecule has 0 aliphatic heterocycles. The van der Waals surface area contributed by atoms with Crippen LogP contribution < -0.4 is 11.2 Å². The number of nitrogens with zero attached hydrogens (tertiary/aromatic N) is 3. The molecule has 0 spiro atoms. The van der Waals surface area contributed by atoms with E-state index in [0.717, 1.165) is 4.57 Å². The molecule has 0 aliphatic rings. The number of rotatable bonds is 2. The summed E-state index contributed by atoms with van der Waals surface area (Å²) in [6.45, 7) is 0.0395. The Hall–Kier alpha value is -2.18. The van der Waals surface area contributed by atoms with Crippen molar-refractivity contribution in [1.82, 2.24) is 19.1 Å². The highest BCUT2D eigenvalue weighted by Gasteiger charge is 2.10. The molecule has 0 saturated carbocycles. The molecule has 2 heterocycles. The first-order chi connectivity index (χ1) is 7.15. The third kappa shape index (κ3) is 1.28. The minimum Gasteiger partial charge on any atom is -0.317 e. The van der Waals surface area contributed by atoms with Crippen LogP contribution in [0.5, 0.6) is 0 Å². The molecule has 0 bridgehead atoms. The lowest BCUT2D eigenvalue weighted by molar-refractivity contribution is -0.108. The fourth-order valence-electron chi connectivity index (χ4n) is 1.35. The molecule has 15 heavy (non-hydrogen) atoms. The maximum atomic E-state index is 11.7. The number of hydrogen-bond donors (Lipinski definition) is 1. The number of carbonyl (C=O) groups is 1. The lowest BCUT2D eigenvalue weighted by Gasteiger charge is -1.98. The number of hydrogen-bond acceptors (Lipinski definition) is 4. The molecular weight excluding hydrogens is 200 g/mol. The third-order valence-electron chi connectivity index (χ3n) is 2.15. The van der Waals surface area contributed by atoms with Gasteiger partial charge in [0.25, 0.3) is 5.56 Å². The summed E-state index contributed by atoms with van der Waals surface area (Å²) in [7, 11) is 1.36. The number of H-pyrrole nitrogens is 1. The minimum atomic E-state index is -0.524. The van der Waals surface area contributed by atoms with E-state index in [2.05, 4.69) is 9.97 Å². The normalized spacial score (nSPS) is 10.7. The number of aromatic amines is 1. The van der Waals surface area contributed by atoms with Crippen LogP contribution >= 0.6 is 0 Å². The van der Waals surface area contributed by atoms with Gasteiger partial charge in [0.05, 0.1) is 12.9 Å². The Labute approximate surface area is 83.0 Å². The van der Waals surface area contributed by atoms with Crippen molar-refractivity contribution in [3.63, 3.8) is 0 Å². The van der Waals surface area contributed by atoms with Crippen LogP contribution in [-0.2, 0) is 18.4 Å². The summed E-state index contributed by atoms with van der Waals surface area (Å²) in [6, 6.07) is 0. The second-order valence-electron chi connectivity index (χ2n) is 3.06. The van der Waals surface area contributed by atoms with Gasteiger partial charge in [0, 0.05) is 7.05 Å². The van der Waals surface area contributed by atoms with Gasteiger partial charge in [-0.25, -0.2) is 9.78 Å². The first-order valence-corrected chi connectivity index (χ1v) is 4.23. The molecule has 0 atom stereocenters. The van der Waals surface area contributed by atoms with Crippen molar-refractivity contribution in [3.8, 4) is 0 Å². The number of aromatic nitrogens is 4. The van der Waals surface area contributed by atoms with E-state index in [4.69, 9.17) is 0 Å². The van der Waals surface area contributed by atoms with Crippen molar-refractivity contribution < 1.29 is 4.79 Å². The number of imidazole rings is 1. The lowest BCUT2D eigenvalue weighted by Crippen LogP contribution is -2.33. The van der Waals surface area contributed by atoms with Gasteiger partial charge in [-0.05, 0) is 0 Å². The number of carbonyl (C=O) groups excluding carboxylic acids is 1. The van der Waals surface area contributed by atoms with Gasteiger partial charge >= 0.3 is 5.69 Å². The molecule has 2 rings (SSSR count). The van der Waals surface area contributed by atoms with E-state index in [9.17, 15) is 14.4 Å². The zero-order valence-electron chi connectivity index (χ0n) is 7.93. The summed E-state index contributed by atoms with van der Waals surface area (Å²) >= 11 is 0. The van der Waals surface area contributed by atoms with Crippen LogP contribution in [0.2, 0.25) is 0 Å². The molecule has 2 aromatic rings. The number of fused-ring (bicyclic) bond motifs is 1. The van der Waals surface area contributed by atoms with Crippen LogP contribution in [0.4, 0.5) is 0 Å². The molecule has 7 heteroatoms.